The Bertz CT molecular complexity index is 526. The van der Waals surface area contributed by atoms with Crippen molar-refractivity contribution in [2.24, 2.45) is 0 Å². The topological polar surface area (TPSA) is 44.8 Å². The van der Waals surface area contributed by atoms with E-state index >= 15 is 0 Å². The molecule has 0 aliphatic carbocycles. The molecule has 108 valence electrons. The average molecular weight is 280 g/mol. The Morgan fingerprint density at radius 1 is 1.20 bits per heavy atom. The first-order valence-electron chi connectivity index (χ1n) is 6.41. The maximum absolute atomic E-state index is 13.6. The van der Waals surface area contributed by atoms with Crippen LogP contribution in [0.2, 0.25) is 0 Å². The van der Waals surface area contributed by atoms with Gasteiger partial charge in [-0.1, -0.05) is 6.07 Å². The van der Waals surface area contributed by atoms with Gasteiger partial charge in [0.15, 0.2) is 0 Å². The lowest BCUT2D eigenvalue weighted by Crippen LogP contribution is -2.41. The molecule has 0 aromatic heterocycles. The van der Waals surface area contributed by atoms with E-state index in [1.807, 2.05) is 27.7 Å². The van der Waals surface area contributed by atoms with Gasteiger partial charge in [0.25, 0.3) is 0 Å². The second-order valence-corrected chi connectivity index (χ2v) is 5.82. The molecule has 1 aliphatic heterocycles. The zero-order chi connectivity index (χ0) is 15.1. The molecule has 0 bridgehead atoms. The van der Waals surface area contributed by atoms with Gasteiger partial charge in [-0.2, -0.15) is 0 Å². The van der Waals surface area contributed by atoms with Gasteiger partial charge in [-0.05, 0) is 45.3 Å². The lowest BCUT2D eigenvalue weighted by Gasteiger charge is -2.32. The second kappa shape index (κ2) is 4.86. The molecule has 2 rings (SSSR count). The summed E-state index contributed by atoms with van der Waals surface area (Å²) in [6.07, 6.45) is 0. The number of ether oxygens (including phenoxy) is 1. The zero-order valence-electron chi connectivity index (χ0n) is 12.3. The number of hydrogen-bond acceptors (Lipinski definition) is 4. The number of hydrogen-bond donors (Lipinski definition) is 0. The fourth-order valence-electron chi connectivity index (χ4n) is 1.94. The minimum atomic E-state index is -0.721. The van der Waals surface area contributed by atoms with Crippen LogP contribution in [-0.4, -0.2) is 31.4 Å². The van der Waals surface area contributed by atoms with Gasteiger partial charge in [-0.15, -0.1) is 0 Å². The molecule has 0 N–H and O–H groups in total. The molecule has 1 aromatic rings. The van der Waals surface area contributed by atoms with Gasteiger partial charge >= 0.3 is 13.1 Å². The summed E-state index contributed by atoms with van der Waals surface area (Å²) < 4.78 is 29.9. The van der Waals surface area contributed by atoms with Gasteiger partial charge in [0.05, 0.1) is 23.9 Å². The van der Waals surface area contributed by atoms with Gasteiger partial charge in [-0.25, -0.2) is 9.18 Å². The van der Waals surface area contributed by atoms with Gasteiger partial charge in [0.1, 0.15) is 5.82 Å². The third kappa shape index (κ3) is 2.45. The average Bonchev–Trinajstić information content (AvgIpc) is 2.58. The van der Waals surface area contributed by atoms with Crippen molar-refractivity contribution in [1.82, 2.24) is 0 Å². The fourth-order valence-corrected chi connectivity index (χ4v) is 1.94. The number of carbonyl (C=O) groups excluding carboxylic acids is 1. The van der Waals surface area contributed by atoms with Crippen molar-refractivity contribution in [3.8, 4) is 0 Å². The minimum absolute atomic E-state index is 0.125. The third-order valence-electron chi connectivity index (χ3n) is 3.92. The Morgan fingerprint density at radius 3 is 2.25 bits per heavy atom. The standard InChI is InChI=1S/C14H18BFO4/c1-13(2)14(3,4)20-15(19-13)9-6-7-11(16)10(8-9)12(17)18-5/h6-8H,1-5H3. The predicted octanol–water partition coefficient (Wildman–Crippen LogP) is 1.91. The van der Waals surface area contributed by atoms with Crippen molar-refractivity contribution < 1.29 is 23.2 Å². The molecule has 0 atom stereocenters. The Kier molecular flexibility index (Phi) is 3.65. The fraction of sp³-hybridized carbons (Fsp3) is 0.500. The van der Waals surface area contributed by atoms with Crippen LogP contribution in [0, 0.1) is 5.82 Å². The summed E-state index contributed by atoms with van der Waals surface area (Å²) in [5, 5.41) is 0. The van der Waals surface area contributed by atoms with E-state index in [0.717, 1.165) is 0 Å². The van der Waals surface area contributed by atoms with Crippen molar-refractivity contribution in [2.45, 2.75) is 38.9 Å². The van der Waals surface area contributed by atoms with E-state index in [1.54, 1.807) is 6.07 Å². The van der Waals surface area contributed by atoms with Crippen LogP contribution in [0.1, 0.15) is 38.1 Å². The normalized spacial score (nSPS) is 20.0. The van der Waals surface area contributed by atoms with Gasteiger partial charge in [0.2, 0.25) is 0 Å². The SMILES string of the molecule is COC(=O)c1cc(B2OC(C)(C)C(C)(C)O2)ccc1F. The van der Waals surface area contributed by atoms with Crippen molar-refractivity contribution in [2.75, 3.05) is 7.11 Å². The molecule has 1 aliphatic rings. The van der Waals surface area contributed by atoms with Crippen LogP contribution in [0.15, 0.2) is 18.2 Å². The van der Waals surface area contributed by atoms with Crippen LogP contribution in [0.5, 0.6) is 0 Å². The van der Waals surface area contributed by atoms with Crippen LogP contribution in [0.3, 0.4) is 0 Å². The summed E-state index contributed by atoms with van der Waals surface area (Å²) in [5.41, 5.74) is -0.514. The zero-order valence-corrected chi connectivity index (χ0v) is 12.3. The number of esters is 1. The van der Waals surface area contributed by atoms with E-state index in [2.05, 4.69) is 4.74 Å². The first-order valence-corrected chi connectivity index (χ1v) is 6.41. The molecule has 1 fully saturated rings. The highest BCUT2D eigenvalue weighted by Gasteiger charge is 2.51. The van der Waals surface area contributed by atoms with E-state index in [-0.39, 0.29) is 5.56 Å². The van der Waals surface area contributed by atoms with E-state index in [0.29, 0.717) is 5.46 Å². The molecule has 1 aromatic carbocycles. The van der Waals surface area contributed by atoms with Gasteiger partial charge in [0, 0.05) is 0 Å². The van der Waals surface area contributed by atoms with Crippen LogP contribution in [-0.2, 0) is 14.0 Å². The summed E-state index contributed by atoms with van der Waals surface area (Å²) in [4.78, 5) is 11.5. The minimum Gasteiger partial charge on any atom is -0.465 e. The molecule has 1 heterocycles. The summed E-state index contributed by atoms with van der Waals surface area (Å²) in [6, 6.07) is 4.17. The molecule has 20 heavy (non-hydrogen) atoms. The van der Waals surface area contributed by atoms with Crippen LogP contribution in [0.4, 0.5) is 4.39 Å². The Balaban J connectivity index is 2.34. The molecule has 6 heteroatoms. The lowest BCUT2D eigenvalue weighted by atomic mass is 9.78. The van der Waals surface area contributed by atoms with E-state index in [4.69, 9.17) is 9.31 Å². The number of methoxy groups -OCH3 is 1. The monoisotopic (exact) mass is 280 g/mol. The van der Waals surface area contributed by atoms with Crippen LogP contribution >= 0.6 is 0 Å². The highest BCUT2D eigenvalue weighted by molar-refractivity contribution is 6.62. The van der Waals surface area contributed by atoms with E-state index < -0.39 is 30.1 Å². The Hall–Kier alpha value is -1.40. The molecule has 0 saturated carbocycles. The van der Waals surface area contributed by atoms with Crippen molar-refractivity contribution >= 4 is 18.6 Å². The third-order valence-corrected chi connectivity index (χ3v) is 3.92. The molecule has 0 spiro atoms. The predicted molar refractivity (Wildman–Crippen MR) is 73.5 cm³/mol. The second-order valence-electron chi connectivity index (χ2n) is 5.82. The van der Waals surface area contributed by atoms with Gasteiger partial charge in [-0.3, -0.25) is 0 Å². The summed E-state index contributed by atoms with van der Waals surface area (Å²) in [6.45, 7) is 7.71. The molecule has 0 amide bonds. The molecular weight excluding hydrogens is 262 g/mol. The molecular formula is C14H18BFO4. The first kappa shape index (κ1) is 15.0. The van der Waals surface area contributed by atoms with Crippen molar-refractivity contribution in [3.63, 3.8) is 0 Å². The maximum atomic E-state index is 13.6. The number of carbonyl (C=O) groups is 1. The first-order chi connectivity index (χ1) is 9.18. The Labute approximate surface area is 118 Å². The maximum Gasteiger partial charge on any atom is 0.494 e. The largest absolute Gasteiger partial charge is 0.494 e. The van der Waals surface area contributed by atoms with Crippen molar-refractivity contribution in [3.05, 3.63) is 29.6 Å². The molecule has 0 unspecified atom stereocenters. The summed E-state index contributed by atoms with van der Waals surface area (Å²) in [5.74, 6) is -1.35. The van der Waals surface area contributed by atoms with E-state index in [9.17, 15) is 9.18 Å². The highest BCUT2D eigenvalue weighted by atomic mass is 19.1. The molecule has 4 nitrogen and oxygen atoms in total. The molecule has 1 saturated heterocycles. The van der Waals surface area contributed by atoms with Crippen molar-refractivity contribution in [1.29, 1.82) is 0 Å². The lowest BCUT2D eigenvalue weighted by molar-refractivity contribution is 0.00578. The summed E-state index contributed by atoms with van der Waals surface area (Å²) in [7, 11) is 0.576. The highest BCUT2D eigenvalue weighted by Crippen LogP contribution is 2.36. The van der Waals surface area contributed by atoms with Gasteiger partial charge < -0.3 is 14.0 Å². The quantitative estimate of drug-likeness (QED) is 0.613. The van der Waals surface area contributed by atoms with Crippen LogP contribution < -0.4 is 5.46 Å². The Morgan fingerprint density at radius 2 is 1.75 bits per heavy atom. The van der Waals surface area contributed by atoms with Crippen LogP contribution in [0.25, 0.3) is 0 Å². The molecule has 0 radical (unpaired) electrons. The van der Waals surface area contributed by atoms with E-state index in [1.165, 1.54) is 19.2 Å². The smallest absolute Gasteiger partial charge is 0.465 e. The number of rotatable bonds is 2. The number of halogens is 1. The number of benzene rings is 1. The summed E-state index contributed by atoms with van der Waals surface area (Å²) >= 11 is 0.